The maximum absolute atomic E-state index is 12.2. The highest BCUT2D eigenvalue weighted by Gasteiger charge is 2.15. The van der Waals surface area contributed by atoms with Crippen LogP contribution in [-0.4, -0.2) is 30.1 Å². The predicted molar refractivity (Wildman–Crippen MR) is 79.6 cm³/mol. The van der Waals surface area contributed by atoms with Crippen LogP contribution in [0.2, 0.25) is 10.2 Å². The fourth-order valence-corrected chi connectivity index (χ4v) is 1.91. The van der Waals surface area contributed by atoms with Gasteiger partial charge in [0.15, 0.2) is 0 Å². The fourth-order valence-electron chi connectivity index (χ4n) is 1.58. The average molecular weight is 328 g/mol. The third-order valence-corrected chi connectivity index (χ3v) is 2.94. The first kappa shape index (κ1) is 15.3. The second-order valence-electron chi connectivity index (χ2n) is 3.86. The van der Waals surface area contributed by atoms with E-state index in [1.807, 2.05) is 0 Å². The Hall–Kier alpha value is -2.05. The molecule has 0 saturated carbocycles. The standard InChI is InChI=1S/C13H11Cl2N3O3/c1-20-9-5-7(14)3-4-8(9)12(19)18-13-16-10(15)6-11(17-13)21-2/h3-6H,1-2H3,(H,16,17,18,19). The Bertz CT molecular complexity index is 680. The average Bonchev–Trinajstić information content (AvgIpc) is 2.46. The van der Waals surface area contributed by atoms with Crippen LogP contribution < -0.4 is 14.8 Å². The number of amides is 1. The van der Waals surface area contributed by atoms with Gasteiger partial charge in [0.05, 0.1) is 19.8 Å². The molecular formula is C13H11Cl2N3O3. The summed E-state index contributed by atoms with van der Waals surface area (Å²) >= 11 is 11.7. The summed E-state index contributed by atoms with van der Waals surface area (Å²) in [6.45, 7) is 0. The number of anilines is 1. The van der Waals surface area contributed by atoms with Crippen molar-refractivity contribution < 1.29 is 14.3 Å². The van der Waals surface area contributed by atoms with E-state index in [4.69, 9.17) is 32.7 Å². The lowest BCUT2D eigenvalue weighted by atomic mass is 10.2. The third kappa shape index (κ3) is 3.74. The van der Waals surface area contributed by atoms with E-state index in [1.54, 1.807) is 6.07 Å². The fraction of sp³-hybridized carbons (Fsp3) is 0.154. The molecule has 21 heavy (non-hydrogen) atoms. The van der Waals surface area contributed by atoms with Crippen LogP contribution in [-0.2, 0) is 0 Å². The minimum atomic E-state index is -0.451. The van der Waals surface area contributed by atoms with Crippen LogP contribution in [0.15, 0.2) is 24.3 Å². The van der Waals surface area contributed by atoms with Crippen molar-refractivity contribution in [2.45, 2.75) is 0 Å². The lowest BCUT2D eigenvalue weighted by Gasteiger charge is -2.09. The van der Waals surface area contributed by atoms with Crippen molar-refractivity contribution in [1.29, 1.82) is 0 Å². The van der Waals surface area contributed by atoms with E-state index < -0.39 is 5.91 Å². The second kappa shape index (κ2) is 6.60. The van der Waals surface area contributed by atoms with Crippen LogP contribution in [0.3, 0.4) is 0 Å². The molecule has 0 aliphatic heterocycles. The minimum absolute atomic E-state index is 0.0290. The number of methoxy groups -OCH3 is 2. The number of hydrogen-bond acceptors (Lipinski definition) is 5. The number of halogens is 2. The van der Waals surface area contributed by atoms with Crippen molar-refractivity contribution in [2.75, 3.05) is 19.5 Å². The number of aromatic nitrogens is 2. The molecule has 2 rings (SSSR count). The number of benzene rings is 1. The minimum Gasteiger partial charge on any atom is -0.496 e. The summed E-state index contributed by atoms with van der Waals surface area (Å²) in [5.41, 5.74) is 0.296. The van der Waals surface area contributed by atoms with Crippen LogP contribution in [0.4, 0.5) is 5.95 Å². The number of carbonyl (C=O) groups is 1. The number of carbonyl (C=O) groups excluding carboxylic acids is 1. The normalized spacial score (nSPS) is 10.1. The van der Waals surface area contributed by atoms with Gasteiger partial charge in [0.25, 0.3) is 5.91 Å². The maximum Gasteiger partial charge on any atom is 0.261 e. The molecular weight excluding hydrogens is 317 g/mol. The summed E-state index contributed by atoms with van der Waals surface area (Å²) in [7, 11) is 2.88. The van der Waals surface area contributed by atoms with Gasteiger partial charge in [-0.2, -0.15) is 4.98 Å². The molecule has 1 heterocycles. The molecule has 6 nitrogen and oxygen atoms in total. The molecule has 1 amide bonds. The topological polar surface area (TPSA) is 73.3 Å². The molecule has 0 fully saturated rings. The third-order valence-electron chi connectivity index (χ3n) is 2.51. The molecule has 0 radical (unpaired) electrons. The highest BCUT2D eigenvalue weighted by Crippen LogP contribution is 2.24. The van der Waals surface area contributed by atoms with Gasteiger partial charge in [-0.05, 0) is 18.2 Å². The van der Waals surface area contributed by atoms with Crippen LogP contribution in [0.25, 0.3) is 0 Å². The molecule has 1 aromatic carbocycles. The molecule has 0 unspecified atom stereocenters. The first-order chi connectivity index (χ1) is 10.0. The number of hydrogen-bond donors (Lipinski definition) is 1. The van der Waals surface area contributed by atoms with Crippen LogP contribution in [0.5, 0.6) is 11.6 Å². The zero-order valence-corrected chi connectivity index (χ0v) is 12.7. The monoisotopic (exact) mass is 327 g/mol. The molecule has 2 aromatic rings. The largest absolute Gasteiger partial charge is 0.496 e. The molecule has 0 spiro atoms. The summed E-state index contributed by atoms with van der Waals surface area (Å²) in [5, 5.41) is 3.13. The first-order valence-electron chi connectivity index (χ1n) is 5.77. The Kier molecular flexibility index (Phi) is 4.82. The van der Waals surface area contributed by atoms with E-state index in [-0.39, 0.29) is 17.0 Å². The maximum atomic E-state index is 12.2. The zero-order chi connectivity index (χ0) is 15.4. The van der Waals surface area contributed by atoms with E-state index in [0.717, 1.165) is 0 Å². The molecule has 0 aliphatic rings. The Labute approximate surface area is 131 Å². The SMILES string of the molecule is COc1cc(Cl)nc(NC(=O)c2ccc(Cl)cc2OC)n1. The molecule has 1 aromatic heterocycles. The van der Waals surface area contributed by atoms with Gasteiger partial charge >= 0.3 is 0 Å². The van der Waals surface area contributed by atoms with E-state index in [1.165, 1.54) is 32.4 Å². The Balaban J connectivity index is 2.28. The number of nitrogens with one attached hydrogen (secondary N) is 1. The number of rotatable bonds is 4. The molecule has 0 saturated heterocycles. The molecule has 8 heteroatoms. The smallest absolute Gasteiger partial charge is 0.261 e. The van der Waals surface area contributed by atoms with E-state index in [0.29, 0.717) is 16.3 Å². The van der Waals surface area contributed by atoms with Gasteiger partial charge in [-0.1, -0.05) is 23.2 Å². The van der Waals surface area contributed by atoms with Crippen molar-refractivity contribution in [3.05, 3.63) is 40.0 Å². The quantitative estimate of drug-likeness (QED) is 0.873. The van der Waals surface area contributed by atoms with E-state index in [2.05, 4.69) is 15.3 Å². The van der Waals surface area contributed by atoms with Crippen LogP contribution in [0, 0.1) is 0 Å². The molecule has 0 atom stereocenters. The Morgan fingerprint density at radius 1 is 1.14 bits per heavy atom. The van der Waals surface area contributed by atoms with Crippen LogP contribution in [0.1, 0.15) is 10.4 Å². The zero-order valence-electron chi connectivity index (χ0n) is 11.2. The number of nitrogens with zero attached hydrogens (tertiary/aromatic N) is 2. The van der Waals surface area contributed by atoms with Gasteiger partial charge in [-0.3, -0.25) is 10.1 Å². The molecule has 1 N–H and O–H groups in total. The van der Waals surface area contributed by atoms with Crippen molar-refractivity contribution >= 4 is 35.1 Å². The highest BCUT2D eigenvalue weighted by atomic mass is 35.5. The van der Waals surface area contributed by atoms with Gasteiger partial charge in [-0.25, -0.2) is 4.98 Å². The molecule has 0 bridgehead atoms. The summed E-state index contributed by atoms with van der Waals surface area (Å²) in [4.78, 5) is 20.1. The predicted octanol–water partition coefficient (Wildman–Crippen LogP) is 3.05. The number of ether oxygens (including phenoxy) is 2. The molecule has 0 aliphatic carbocycles. The van der Waals surface area contributed by atoms with Crippen LogP contribution >= 0.6 is 23.2 Å². The summed E-state index contributed by atoms with van der Waals surface area (Å²) in [5.74, 6) is 0.163. The van der Waals surface area contributed by atoms with Gasteiger partial charge in [0.1, 0.15) is 10.9 Å². The van der Waals surface area contributed by atoms with Crippen molar-refractivity contribution in [3.63, 3.8) is 0 Å². The van der Waals surface area contributed by atoms with Gasteiger partial charge in [0, 0.05) is 11.1 Å². The Morgan fingerprint density at radius 2 is 1.90 bits per heavy atom. The van der Waals surface area contributed by atoms with E-state index in [9.17, 15) is 4.79 Å². The Morgan fingerprint density at radius 3 is 2.57 bits per heavy atom. The summed E-state index contributed by atoms with van der Waals surface area (Å²) in [6.07, 6.45) is 0. The van der Waals surface area contributed by atoms with Crippen molar-refractivity contribution in [2.24, 2.45) is 0 Å². The van der Waals surface area contributed by atoms with E-state index >= 15 is 0 Å². The van der Waals surface area contributed by atoms with Gasteiger partial charge in [0.2, 0.25) is 11.8 Å². The second-order valence-corrected chi connectivity index (χ2v) is 4.68. The lowest BCUT2D eigenvalue weighted by molar-refractivity contribution is 0.102. The van der Waals surface area contributed by atoms with Crippen molar-refractivity contribution in [3.8, 4) is 11.6 Å². The van der Waals surface area contributed by atoms with Gasteiger partial charge in [-0.15, -0.1) is 0 Å². The summed E-state index contributed by atoms with van der Waals surface area (Å²) < 4.78 is 10.1. The summed E-state index contributed by atoms with van der Waals surface area (Å²) in [6, 6.07) is 6.09. The first-order valence-corrected chi connectivity index (χ1v) is 6.52. The molecule has 110 valence electrons. The lowest BCUT2D eigenvalue weighted by Crippen LogP contribution is -2.15. The van der Waals surface area contributed by atoms with Crippen molar-refractivity contribution in [1.82, 2.24) is 9.97 Å². The van der Waals surface area contributed by atoms with Gasteiger partial charge < -0.3 is 9.47 Å². The highest BCUT2D eigenvalue weighted by molar-refractivity contribution is 6.31.